The highest BCUT2D eigenvalue weighted by atomic mass is 16.5. The summed E-state index contributed by atoms with van der Waals surface area (Å²) in [6.45, 7) is 10.5. The molecule has 3 aromatic rings. The number of ether oxygens (including phenoxy) is 2. The Morgan fingerprint density at radius 2 is 1.00 bits per heavy atom. The van der Waals surface area contributed by atoms with Gasteiger partial charge in [-0.25, -0.2) is 0 Å². The van der Waals surface area contributed by atoms with Crippen molar-refractivity contribution in [3.63, 3.8) is 0 Å². The molecule has 0 saturated carbocycles. The summed E-state index contributed by atoms with van der Waals surface area (Å²) in [6, 6.07) is 27.8. The van der Waals surface area contributed by atoms with Gasteiger partial charge in [-0.2, -0.15) is 0 Å². The SMILES string of the molecule is CC(=C(c1ccc(OCCN2CCCC2)cc1)c1ccc(OCCN2CCCC2)cc1)c1ccccc1. The fraction of sp³-hybridized carbons (Fsp3) is 0.394. The number of hydrogen-bond acceptors (Lipinski definition) is 4. The summed E-state index contributed by atoms with van der Waals surface area (Å²) in [5, 5.41) is 0. The lowest BCUT2D eigenvalue weighted by atomic mass is 9.90. The molecule has 0 amide bonds. The van der Waals surface area contributed by atoms with Crippen LogP contribution in [0.25, 0.3) is 11.1 Å². The van der Waals surface area contributed by atoms with Gasteiger partial charge < -0.3 is 9.47 Å². The highest BCUT2D eigenvalue weighted by Crippen LogP contribution is 2.33. The van der Waals surface area contributed by atoms with E-state index in [2.05, 4.69) is 95.6 Å². The molecular weight excluding hydrogens is 456 g/mol. The van der Waals surface area contributed by atoms with E-state index in [1.807, 2.05) is 0 Å². The van der Waals surface area contributed by atoms with Gasteiger partial charge in [0.05, 0.1) is 0 Å². The number of allylic oxidation sites excluding steroid dienone is 1. The average Bonchev–Trinajstić information content (AvgIpc) is 3.66. The van der Waals surface area contributed by atoms with E-state index in [0.29, 0.717) is 0 Å². The Hall–Kier alpha value is -3.08. The van der Waals surface area contributed by atoms with Gasteiger partial charge in [0.1, 0.15) is 24.7 Å². The monoisotopic (exact) mass is 496 g/mol. The summed E-state index contributed by atoms with van der Waals surface area (Å²) >= 11 is 0. The fourth-order valence-corrected chi connectivity index (χ4v) is 5.47. The molecule has 194 valence electrons. The largest absolute Gasteiger partial charge is 0.492 e. The first-order valence-corrected chi connectivity index (χ1v) is 13.9. The van der Waals surface area contributed by atoms with Crippen molar-refractivity contribution in [2.24, 2.45) is 0 Å². The Kier molecular flexibility index (Phi) is 8.94. The molecule has 0 spiro atoms. The van der Waals surface area contributed by atoms with Crippen LogP contribution in [0, 0.1) is 0 Å². The maximum absolute atomic E-state index is 6.07. The second kappa shape index (κ2) is 12.9. The van der Waals surface area contributed by atoms with Crippen LogP contribution in [0.4, 0.5) is 0 Å². The van der Waals surface area contributed by atoms with Gasteiger partial charge in [0, 0.05) is 13.1 Å². The van der Waals surface area contributed by atoms with Gasteiger partial charge in [-0.3, -0.25) is 9.80 Å². The predicted octanol–water partition coefficient (Wildman–Crippen LogP) is 6.61. The first-order chi connectivity index (χ1) is 18.3. The van der Waals surface area contributed by atoms with Crippen LogP contribution in [0.2, 0.25) is 0 Å². The lowest BCUT2D eigenvalue weighted by Gasteiger charge is -2.17. The zero-order chi connectivity index (χ0) is 25.3. The van der Waals surface area contributed by atoms with Gasteiger partial charge in [0.25, 0.3) is 0 Å². The van der Waals surface area contributed by atoms with Gasteiger partial charge in [0.2, 0.25) is 0 Å². The van der Waals surface area contributed by atoms with Crippen molar-refractivity contribution in [2.75, 3.05) is 52.5 Å². The van der Waals surface area contributed by atoms with Gasteiger partial charge in [-0.1, -0.05) is 54.6 Å². The molecule has 0 atom stereocenters. The van der Waals surface area contributed by atoms with Crippen LogP contribution < -0.4 is 9.47 Å². The van der Waals surface area contributed by atoms with Crippen molar-refractivity contribution in [1.82, 2.24) is 9.80 Å². The zero-order valence-corrected chi connectivity index (χ0v) is 22.2. The first kappa shape index (κ1) is 25.6. The summed E-state index contributed by atoms with van der Waals surface area (Å²) in [6.07, 6.45) is 5.26. The number of likely N-dealkylation sites (tertiary alicyclic amines) is 2. The highest BCUT2D eigenvalue weighted by Gasteiger charge is 2.14. The van der Waals surface area contributed by atoms with E-state index < -0.39 is 0 Å². The van der Waals surface area contributed by atoms with E-state index in [4.69, 9.17) is 9.47 Å². The minimum Gasteiger partial charge on any atom is -0.492 e. The van der Waals surface area contributed by atoms with E-state index in [0.717, 1.165) is 37.8 Å². The third-order valence-corrected chi connectivity index (χ3v) is 7.62. The molecule has 5 rings (SSSR count). The van der Waals surface area contributed by atoms with Crippen molar-refractivity contribution in [2.45, 2.75) is 32.6 Å². The summed E-state index contributed by atoms with van der Waals surface area (Å²) < 4.78 is 12.1. The van der Waals surface area contributed by atoms with Crippen molar-refractivity contribution in [1.29, 1.82) is 0 Å². The Morgan fingerprint density at radius 3 is 1.43 bits per heavy atom. The number of hydrogen-bond donors (Lipinski definition) is 0. The molecule has 2 aliphatic heterocycles. The standard InChI is InChI=1S/C33H40N2O2/c1-27(28-9-3-2-4-10-28)33(29-11-15-31(16-12-29)36-25-23-34-19-5-6-20-34)30-13-17-32(18-14-30)37-26-24-35-21-7-8-22-35/h2-4,9-18H,5-8,19-26H2,1H3. The molecule has 0 N–H and O–H groups in total. The zero-order valence-electron chi connectivity index (χ0n) is 22.2. The van der Waals surface area contributed by atoms with Crippen molar-refractivity contribution in [3.8, 4) is 11.5 Å². The number of rotatable bonds is 11. The summed E-state index contributed by atoms with van der Waals surface area (Å²) in [4.78, 5) is 4.97. The molecular formula is C33H40N2O2. The van der Waals surface area contributed by atoms with Crippen LogP contribution in [-0.2, 0) is 0 Å². The molecule has 2 heterocycles. The van der Waals surface area contributed by atoms with Crippen molar-refractivity contribution in [3.05, 3.63) is 95.6 Å². The molecule has 0 aliphatic carbocycles. The molecule has 0 radical (unpaired) electrons. The normalized spacial score (nSPS) is 16.1. The number of nitrogens with zero attached hydrogens (tertiary/aromatic N) is 2. The van der Waals surface area contributed by atoms with Gasteiger partial charge in [0.15, 0.2) is 0 Å². The van der Waals surface area contributed by atoms with Crippen LogP contribution in [0.3, 0.4) is 0 Å². The van der Waals surface area contributed by atoms with E-state index in [9.17, 15) is 0 Å². The van der Waals surface area contributed by atoms with Crippen LogP contribution in [0.5, 0.6) is 11.5 Å². The maximum Gasteiger partial charge on any atom is 0.119 e. The lowest BCUT2D eigenvalue weighted by molar-refractivity contribution is 0.237. The molecule has 4 heteroatoms. The maximum atomic E-state index is 6.07. The molecule has 0 bridgehead atoms. The molecule has 4 nitrogen and oxygen atoms in total. The Morgan fingerprint density at radius 1 is 0.568 bits per heavy atom. The van der Waals surface area contributed by atoms with Crippen LogP contribution >= 0.6 is 0 Å². The molecule has 2 aliphatic rings. The molecule has 0 aromatic heterocycles. The average molecular weight is 497 g/mol. The summed E-state index contributed by atoms with van der Waals surface area (Å²) in [5.74, 6) is 1.86. The molecule has 2 saturated heterocycles. The minimum atomic E-state index is 0.740. The third kappa shape index (κ3) is 7.03. The molecule has 37 heavy (non-hydrogen) atoms. The van der Waals surface area contributed by atoms with Crippen molar-refractivity contribution < 1.29 is 9.47 Å². The van der Waals surface area contributed by atoms with E-state index in [1.54, 1.807) is 0 Å². The summed E-state index contributed by atoms with van der Waals surface area (Å²) in [5.41, 5.74) is 6.10. The van der Waals surface area contributed by atoms with Crippen LogP contribution in [0.15, 0.2) is 78.9 Å². The number of benzene rings is 3. The van der Waals surface area contributed by atoms with E-state index >= 15 is 0 Å². The first-order valence-electron chi connectivity index (χ1n) is 13.9. The molecule has 3 aromatic carbocycles. The second-order valence-electron chi connectivity index (χ2n) is 10.2. The van der Waals surface area contributed by atoms with Crippen LogP contribution in [-0.4, -0.2) is 62.3 Å². The topological polar surface area (TPSA) is 24.9 Å². The predicted molar refractivity (Wildman–Crippen MR) is 153 cm³/mol. The second-order valence-corrected chi connectivity index (χ2v) is 10.2. The smallest absolute Gasteiger partial charge is 0.119 e. The lowest BCUT2D eigenvalue weighted by Crippen LogP contribution is -2.25. The Balaban J connectivity index is 1.30. The minimum absolute atomic E-state index is 0.740. The van der Waals surface area contributed by atoms with Gasteiger partial charge in [-0.05, 0) is 111 Å². The quantitative estimate of drug-likeness (QED) is 0.279. The Bertz CT molecular complexity index is 1060. The van der Waals surface area contributed by atoms with Gasteiger partial charge in [-0.15, -0.1) is 0 Å². The van der Waals surface area contributed by atoms with Crippen molar-refractivity contribution >= 4 is 11.1 Å². The van der Waals surface area contributed by atoms with Gasteiger partial charge >= 0.3 is 0 Å². The van der Waals surface area contributed by atoms with E-state index in [-0.39, 0.29) is 0 Å². The van der Waals surface area contributed by atoms with E-state index in [1.165, 1.54) is 79.7 Å². The Labute approximate surface area is 222 Å². The molecule has 0 unspecified atom stereocenters. The fourth-order valence-electron chi connectivity index (χ4n) is 5.47. The molecule has 2 fully saturated rings. The highest BCUT2D eigenvalue weighted by molar-refractivity contribution is 5.98. The summed E-state index contributed by atoms with van der Waals surface area (Å²) in [7, 11) is 0. The third-order valence-electron chi connectivity index (χ3n) is 7.62. The van der Waals surface area contributed by atoms with Crippen LogP contribution in [0.1, 0.15) is 49.3 Å².